The first-order chi connectivity index (χ1) is 13.1. The molecule has 27 heavy (non-hydrogen) atoms. The lowest BCUT2D eigenvalue weighted by Gasteiger charge is -2.29. The van der Waals surface area contributed by atoms with E-state index in [1.165, 1.54) is 12.1 Å². The number of fused-ring (bicyclic) bond motifs is 1. The largest absolute Gasteiger partial charge is 0.493 e. The summed E-state index contributed by atoms with van der Waals surface area (Å²) in [5.74, 6) is 0.690. The number of hydrogen-bond acceptors (Lipinski definition) is 5. The molecule has 0 radical (unpaired) electrons. The highest BCUT2D eigenvalue weighted by molar-refractivity contribution is 5.82. The molecule has 0 aromatic heterocycles. The van der Waals surface area contributed by atoms with Crippen LogP contribution in [0.2, 0.25) is 0 Å². The van der Waals surface area contributed by atoms with Gasteiger partial charge >= 0.3 is 0 Å². The molecule has 2 aromatic carbocycles. The third kappa shape index (κ3) is 4.55. The summed E-state index contributed by atoms with van der Waals surface area (Å²) in [6.07, 6.45) is 1.55. The zero-order valence-corrected chi connectivity index (χ0v) is 15.3. The van der Waals surface area contributed by atoms with Gasteiger partial charge in [-0.25, -0.2) is 0 Å². The lowest BCUT2D eigenvalue weighted by molar-refractivity contribution is -0.384. The minimum atomic E-state index is -0.424. The van der Waals surface area contributed by atoms with Gasteiger partial charge in [-0.2, -0.15) is 0 Å². The first-order valence-corrected chi connectivity index (χ1v) is 9.09. The Hall–Kier alpha value is -3.09. The number of nitro benzene ring substituents is 1. The predicted molar refractivity (Wildman–Crippen MR) is 103 cm³/mol. The number of benzene rings is 2. The smallest absolute Gasteiger partial charge is 0.271 e. The van der Waals surface area contributed by atoms with E-state index in [0.717, 1.165) is 17.7 Å². The van der Waals surface area contributed by atoms with Crippen molar-refractivity contribution in [2.24, 2.45) is 0 Å². The Kier molecular flexibility index (Phi) is 5.90. The van der Waals surface area contributed by atoms with Gasteiger partial charge in [0.2, 0.25) is 5.91 Å². The molecule has 1 atom stereocenters. The summed E-state index contributed by atoms with van der Waals surface area (Å²) < 4.78 is 5.63. The van der Waals surface area contributed by atoms with E-state index < -0.39 is 4.92 Å². The van der Waals surface area contributed by atoms with Crippen LogP contribution in [0, 0.1) is 10.1 Å². The van der Waals surface area contributed by atoms with Gasteiger partial charge in [0.05, 0.1) is 24.1 Å². The third-order valence-electron chi connectivity index (χ3n) is 4.53. The Labute approximate surface area is 158 Å². The van der Waals surface area contributed by atoms with Gasteiger partial charge in [-0.3, -0.25) is 14.9 Å². The van der Waals surface area contributed by atoms with Crippen molar-refractivity contribution in [1.29, 1.82) is 0 Å². The molecule has 7 nitrogen and oxygen atoms in total. The van der Waals surface area contributed by atoms with Gasteiger partial charge in [-0.05, 0) is 18.6 Å². The van der Waals surface area contributed by atoms with Crippen LogP contribution >= 0.6 is 0 Å². The van der Waals surface area contributed by atoms with Crippen molar-refractivity contribution in [2.75, 3.05) is 24.6 Å². The fourth-order valence-corrected chi connectivity index (χ4v) is 3.28. The van der Waals surface area contributed by atoms with Crippen LogP contribution in [0.15, 0.2) is 48.5 Å². The van der Waals surface area contributed by atoms with Crippen molar-refractivity contribution < 1.29 is 14.5 Å². The number of rotatable bonds is 7. The molecule has 3 rings (SSSR count). The lowest BCUT2D eigenvalue weighted by atomic mass is 10.0. The first kappa shape index (κ1) is 18.7. The number of nitrogens with zero attached hydrogens (tertiary/aromatic N) is 2. The molecular formula is C20H23N3O4. The highest BCUT2D eigenvalue weighted by Gasteiger charge is 2.23. The number of amides is 1. The average molecular weight is 369 g/mol. The number of nitro groups is 1. The SMILES string of the molecule is CCCN(CC(=O)NC1CCOc2ccccc21)c1cccc([N+](=O)[O-])c1. The molecule has 0 spiro atoms. The number of para-hydroxylation sites is 1. The Morgan fingerprint density at radius 2 is 2.11 bits per heavy atom. The van der Waals surface area contributed by atoms with Gasteiger partial charge in [0, 0.05) is 36.3 Å². The number of carbonyl (C=O) groups is 1. The maximum atomic E-state index is 12.7. The van der Waals surface area contributed by atoms with Crippen LogP contribution in [0.4, 0.5) is 11.4 Å². The Bertz CT molecular complexity index is 824. The van der Waals surface area contributed by atoms with Crippen LogP contribution in [-0.4, -0.2) is 30.5 Å². The summed E-state index contributed by atoms with van der Waals surface area (Å²) in [5, 5.41) is 14.1. The van der Waals surface area contributed by atoms with Gasteiger partial charge in [0.15, 0.2) is 0 Å². The van der Waals surface area contributed by atoms with Crippen LogP contribution in [0.3, 0.4) is 0 Å². The monoisotopic (exact) mass is 369 g/mol. The van der Waals surface area contributed by atoms with Gasteiger partial charge in [-0.1, -0.05) is 31.2 Å². The first-order valence-electron chi connectivity index (χ1n) is 9.09. The molecule has 7 heteroatoms. The Morgan fingerprint density at radius 3 is 2.89 bits per heavy atom. The predicted octanol–water partition coefficient (Wildman–Crippen LogP) is 3.45. The molecule has 0 aliphatic carbocycles. The minimum Gasteiger partial charge on any atom is -0.493 e. The average Bonchev–Trinajstić information content (AvgIpc) is 2.68. The minimum absolute atomic E-state index is 0.0207. The van der Waals surface area contributed by atoms with Crippen LogP contribution in [0.25, 0.3) is 0 Å². The quantitative estimate of drug-likeness (QED) is 0.597. The zero-order chi connectivity index (χ0) is 19.2. The number of hydrogen-bond donors (Lipinski definition) is 1. The second-order valence-corrected chi connectivity index (χ2v) is 6.49. The molecular weight excluding hydrogens is 346 g/mol. The molecule has 0 saturated heterocycles. The fraction of sp³-hybridized carbons (Fsp3) is 0.350. The summed E-state index contributed by atoms with van der Waals surface area (Å²) in [6, 6.07) is 14.0. The van der Waals surface area contributed by atoms with Crippen LogP contribution in [0.1, 0.15) is 31.4 Å². The van der Waals surface area contributed by atoms with Crippen LogP contribution in [0.5, 0.6) is 5.75 Å². The van der Waals surface area contributed by atoms with Gasteiger partial charge in [0.25, 0.3) is 5.69 Å². The Morgan fingerprint density at radius 1 is 1.30 bits per heavy atom. The van der Waals surface area contributed by atoms with E-state index in [1.54, 1.807) is 12.1 Å². The zero-order valence-electron chi connectivity index (χ0n) is 15.3. The van der Waals surface area contributed by atoms with Crippen molar-refractivity contribution in [1.82, 2.24) is 5.32 Å². The highest BCUT2D eigenvalue weighted by Crippen LogP contribution is 2.31. The maximum Gasteiger partial charge on any atom is 0.271 e. The lowest BCUT2D eigenvalue weighted by Crippen LogP contribution is -2.40. The highest BCUT2D eigenvalue weighted by atomic mass is 16.6. The fourth-order valence-electron chi connectivity index (χ4n) is 3.28. The van der Waals surface area contributed by atoms with Gasteiger partial charge < -0.3 is 15.0 Å². The maximum absolute atomic E-state index is 12.7. The summed E-state index contributed by atoms with van der Waals surface area (Å²) >= 11 is 0. The number of non-ortho nitro benzene ring substituents is 1. The molecule has 1 N–H and O–H groups in total. The number of carbonyl (C=O) groups excluding carboxylic acids is 1. The molecule has 1 heterocycles. The topological polar surface area (TPSA) is 84.7 Å². The molecule has 2 aromatic rings. The van der Waals surface area contributed by atoms with Gasteiger partial charge in [-0.15, -0.1) is 0 Å². The summed E-state index contributed by atoms with van der Waals surface area (Å²) in [5.41, 5.74) is 1.68. The van der Waals surface area contributed by atoms with Crippen molar-refractivity contribution in [2.45, 2.75) is 25.8 Å². The van der Waals surface area contributed by atoms with E-state index in [0.29, 0.717) is 25.3 Å². The molecule has 1 aliphatic rings. The summed E-state index contributed by atoms with van der Waals surface area (Å²) in [7, 11) is 0. The van der Waals surface area contributed by atoms with E-state index >= 15 is 0 Å². The van der Waals surface area contributed by atoms with Crippen molar-refractivity contribution >= 4 is 17.3 Å². The van der Waals surface area contributed by atoms with E-state index in [-0.39, 0.29) is 24.2 Å². The summed E-state index contributed by atoms with van der Waals surface area (Å²) in [4.78, 5) is 25.1. The van der Waals surface area contributed by atoms with E-state index in [4.69, 9.17) is 4.74 Å². The van der Waals surface area contributed by atoms with Crippen LogP contribution in [-0.2, 0) is 4.79 Å². The van der Waals surface area contributed by atoms with Crippen molar-refractivity contribution in [3.63, 3.8) is 0 Å². The van der Waals surface area contributed by atoms with Crippen molar-refractivity contribution in [3.05, 3.63) is 64.2 Å². The second kappa shape index (κ2) is 8.53. The normalized spacial score (nSPS) is 15.4. The van der Waals surface area contributed by atoms with E-state index in [1.807, 2.05) is 36.1 Å². The molecule has 1 amide bonds. The molecule has 1 unspecified atom stereocenters. The molecule has 0 bridgehead atoms. The number of ether oxygens (including phenoxy) is 1. The standard InChI is InChI=1S/C20H23N3O4/c1-2-11-22(15-6-5-7-16(13-15)23(25)26)14-20(24)21-18-10-12-27-19-9-4-3-8-17(18)19/h3-9,13,18H,2,10-12,14H2,1H3,(H,21,24). The third-order valence-corrected chi connectivity index (χ3v) is 4.53. The molecule has 142 valence electrons. The van der Waals surface area contributed by atoms with E-state index in [9.17, 15) is 14.9 Å². The number of anilines is 1. The summed E-state index contributed by atoms with van der Waals surface area (Å²) in [6.45, 7) is 3.36. The molecule has 0 saturated carbocycles. The van der Waals surface area contributed by atoms with Gasteiger partial charge in [0.1, 0.15) is 5.75 Å². The second-order valence-electron chi connectivity index (χ2n) is 6.49. The van der Waals surface area contributed by atoms with E-state index in [2.05, 4.69) is 5.32 Å². The van der Waals surface area contributed by atoms with Crippen molar-refractivity contribution in [3.8, 4) is 5.75 Å². The molecule has 1 aliphatic heterocycles. The molecule has 0 fully saturated rings. The van der Waals surface area contributed by atoms with Crippen LogP contribution < -0.4 is 15.0 Å². The Balaban J connectivity index is 1.71. The number of nitrogens with one attached hydrogen (secondary N) is 1.